The van der Waals surface area contributed by atoms with Crippen LogP contribution in [-0.4, -0.2) is 29.8 Å². The summed E-state index contributed by atoms with van der Waals surface area (Å²) < 4.78 is 39.3. The van der Waals surface area contributed by atoms with Gasteiger partial charge in [-0.15, -0.1) is 0 Å². The molecule has 1 aromatic carbocycles. The molecule has 4 nitrogen and oxygen atoms in total. The molecule has 7 heteroatoms. The molecular formula is C16H19F3N2O2. The van der Waals surface area contributed by atoms with E-state index in [1.165, 1.54) is 0 Å². The van der Waals surface area contributed by atoms with Crippen molar-refractivity contribution >= 4 is 11.8 Å². The zero-order chi connectivity index (χ0) is 16.8. The monoisotopic (exact) mass is 328 g/mol. The van der Waals surface area contributed by atoms with Crippen LogP contribution in [0.4, 0.5) is 13.2 Å². The average molecular weight is 328 g/mol. The molecule has 0 bridgehead atoms. The molecular weight excluding hydrogens is 309 g/mol. The van der Waals surface area contributed by atoms with Gasteiger partial charge in [-0.1, -0.05) is 6.42 Å². The summed E-state index contributed by atoms with van der Waals surface area (Å²) in [6.07, 6.45) is 3.40. The SMILES string of the molecule is O=C(CCN1CCCCCC1=O)NCc1cc(F)c(F)cc1F. The van der Waals surface area contributed by atoms with E-state index in [0.717, 1.165) is 25.3 Å². The van der Waals surface area contributed by atoms with Gasteiger partial charge in [-0.3, -0.25) is 9.59 Å². The molecule has 1 heterocycles. The minimum absolute atomic E-state index is 0.0435. The number of benzene rings is 1. The van der Waals surface area contributed by atoms with Gasteiger partial charge in [-0.05, 0) is 18.9 Å². The fourth-order valence-corrected chi connectivity index (χ4v) is 2.49. The molecule has 23 heavy (non-hydrogen) atoms. The van der Waals surface area contributed by atoms with Crippen molar-refractivity contribution in [2.45, 2.75) is 38.6 Å². The third-order valence-electron chi connectivity index (χ3n) is 3.85. The third kappa shape index (κ3) is 4.97. The highest BCUT2D eigenvalue weighted by Gasteiger charge is 2.17. The molecule has 0 spiro atoms. The maximum atomic E-state index is 13.4. The van der Waals surface area contributed by atoms with Crippen molar-refractivity contribution in [1.29, 1.82) is 0 Å². The van der Waals surface area contributed by atoms with Crippen LogP contribution in [0.25, 0.3) is 0 Å². The van der Waals surface area contributed by atoms with Gasteiger partial charge in [-0.25, -0.2) is 13.2 Å². The molecule has 2 amide bonds. The summed E-state index contributed by atoms with van der Waals surface area (Å²) in [5.41, 5.74) is -0.122. The summed E-state index contributed by atoms with van der Waals surface area (Å²) in [6, 6.07) is 1.18. The summed E-state index contributed by atoms with van der Waals surface area (Å²) in [5.74, 6) is -3.66. The van der Waals surface area contributed by atoms with Crippen molar-refractivity contribution in [1.82, 2.24) is 10.2 Å². The van der Waals surface area contributed by atoms with E-state index in [9.17, 15) is 22.8 Å². The lowest BCUT2D eigenvalue weighted by molar-refractivity contribution is -0.131. The van der Waals surface area contributed by atoms with Crippen LogP contribution in [0.1, 0.15) is 37.7 Å². The highest BCUT2D eigenvalue weighted by molar-refractivity contribution is 5.79. The highest BCUT2D eigenvalue weighted by atomic mass is 19.2. The second kappa shape index (κ2) is 7.99. The van der Waals surface area contributed by atoms with E-state index in [1.807, 2.05) is 0 Å². The summed E-state index contributed by atoms with van der Waals surface area (Å²) in [6.45, 7) is 0.727. The highest BCUT2D eigenvalue weighted by Crippen LogP contribution is 2.14. The van der Waals surface area contributed by atoms with Gasteiger partial charge in [0.25, 0.3) is 0 Å². The van der Waals surface area contributed by atoms with E-state index < -0.39 is 17.5 Å². The first kappa shape index (κ1) is 17.3. The van der Waals surface area contributed by atoms with Gasteiger partial charge in [-0.2, -0.15) is 0 Å². The molecule has 1 aromatic rings. The quantitative estimate of drug-likeness (QED) is 0.845. The smallest absolute Gasteiger partial charge is 0.222 e. The van der Waals surface area contributed by atoms with Crippen LogP contribution in [0.2, 0.25) is 0 Å². The van der Waals surface area contributed by atoms with Gasteiger partial charge in [0.1, 0.15) is 5.82 Å². The van der Waals surface area contributed by atoms with Gasteiger partial charge in [0.15, 0.2) is 11.6 Å². The summed E-state index contributed by atoms with van der Waals surface area (Å²) in [7, 11) is 0. The number of nitrogens with zero attached hydrogens (tertiary/aromatic N) is 1. The largest absolute Gasteiger partial charge is 0.352 e. The normalized spacial score (nSPS) is 15.4. The van der Waals surface area contributed by atoms with Crippen LogP contribution in [0.15, 0.2) is 12.1 Å². The van der Waals surface area contributed by atoms with Gasteiger partial charge in [0, 0.05) is 44.1 Å². The Morgan fingerprint density at radius 3 is 2.61 bits per heavy atom. The summed E-state index contributed by atoms with van der Waals surface area (Å²) in [5, 5.41) is 2.45. The van der Waals surface area contributed by atoms with E-state index in [1.54, 1.807) is 4.90 Å². The number of hydrogen-bond acceptors (Lipinski definition) is 2. The molecule has 0 unspecified atom stereocenters. The number of hydrogen-bond donors (Lipinski definition) is 1. The zero-order valence-electron chi connectivity index (χ0n) is 12.7. The second-order valence-corrected chi connectivity index (χ2v) is 5.58. The van der Waals surface area contributed by atoms with Crippen molar-refractivity contribution in [3.8, 4) is 0 Å². The lowest BCUT2D eigenvalue weighted by Gasteiger charge is -2.20. The maximum Gasteiger partial charge on any atom is 0.222 e. The minimum atomic E-state index is -1.27. The number of nitrogens with one attached hydrogen (secondary N) is 1. The third-order valence-corrected chi connectivity index (χ3v) is 3.85. The van der Waals surface area contributed by atoms with Gasteiger partial charge < -0.3 is 10.2 Å². The Labute approximate surface area is 132 Å². The standard InChI is InChI=1S/C16H19F3N2O2/c17-12-9-14(19)13(18)8-11(12)10-20-15(22)5-7-21-6-3-1-2-4-16(21)23/h8-9H,1-7,10H2,(H,20,22). The van der Waals surface area contributed by atoms with E-state index in [-0.39, 0.29) is 30.3 Å². The van der Waals surface area contributed by atoms with E-state index in [0.29, 0.717) is 25.6 Å². The Hall–Kier alpha value is -2.05. The van der Waals surface area contributed by atoms with Crippen molar-refractivity contribution < 1.29 is 22.8 Å². The predicted molar refractivity (Wildman–Crippen MR) is 77.8 cm³/mol. The lowest BCUT2D eigenvalue weighted by atomic mass is 10.2. The average Bonchev–Trinajstić information content (AvgIpc) is 2.72. The lowest BCUT2D eigenvalue weighted by Crippen LogP contribution is -2.34. The first-order valence-corrected chi connectivity index (χ1v) is 7.65. The molecule has 0 aromatic heterocycles. The fraction of sp³-hybridized carbons (Fsp3) is 0.500. The van der Waals surface area contributed by atoms with E-state index in [4.69, 9.17) is 0 Å². The number of amides is 2. The maximum absolute atomic E-state index is 13.4. The van der Waals surface area contributed by atoms with Crippen molar-refractivity contribution in [3.63, 3.8) is 0 Å². The Morgan fingerprint density at radius 2 is 1.83 bits per heavy atom. The molecule has 126 valence electrons. The molecule has 1 fully saturated rings. The number of likely N-dealkylation sites (tertiary alicyclic amines) is 1. The van der Waals surface area contributed by atoms with E-state index in [2.05, 4.69) is 5.32 Å². The summed E-state index contributed by atoms with van der Waals surface area (Å²) >= 11 is 0. The second-order valence-electron chi connectivity index (χ2n) is 5.58. The molecule has 1 aliphatic heterocycles. The molecule has 1 saturated heterocycles. The summed E-state index contributed by atoms with van der Waals surface area (Å²) in [4.78, 5) is 25.2. The van der Waals surface area contributed by atoms with Crippen LogP contribution >= 0.6 is 0 Å². The number of rotatable bonds is 5. The Kier molecular flexibility index (Phi) is 6.01. The molecule has 0 atom stereocenters. The molecule has 2 rings (SSSR count). The number of carbonyl (C=O) groups excluding carboxylic acids is 2. The number of carbonyl (C=O) groups is 2. The minimum Gasteiger partial charge on any atom is -0.352 e. The van der Waals surface area contributed by atoms with Crippen molar-refractivity contribution in [3.05, 3.63) is 35.1 Å². The predicted octanol–water partition coefficient (Wildman–Crippen LogP) is 2.51. The fourth-order valence-electron chi connectivity index (χ4n) is 2.49. The Balaban J connectivity index is 1.81. The van der Waals surface area contributed by atoms with Gasteiger partial charge in [0.05, 0.1) is 0 Å². The van der Waals surface area contributed by atoms with Crippen molar-refractivity contribution in [2.24, 2.45) is 0 Å². The molecule has 0 aliphatic carbocycles. The van der Waals surface area contributed by atoms with E-state index >= 15 is 0 Å². The molecule has 1 aliphatic rings. The van der Waals surface area contributed by atoms with Crippen LogP contribution in [0, 0.1) is 17.5 Å². The van der Waals surface area contributed by atoms with Crippen LogP contribution < -0.4 is 5.32 Å². The van der Waals surface area contributed by atoms with Gasteiger partial charge >= 0.3 is 0 Å². The van der Waals surface area contributed by atoms with Gasteiger partial charge in [0.2, 0.25) is 11.8 Å². The van der Waals surface area contributed by atoms with Crippen LogP contribution in [0.3, 0.4) is 0 Å². The Bertz CT molecular complexity index is 593. The Morgan fingerprint density at radius 1 is 1.09 bits per heavy atom. The molecule has 1 N–H and O–H groups in total. The molecule has 0 radical (unpaired) electrons. The van der Waals surface area contributed by atoms with Crippen LogP contribution in [-0.2, 0) is 16.1 Å². The number of halogens is 3. The molecule has 0 saturated carbocycles. The zero-order valence-corrected chi connectivity index (χ0v) is 12.7. The van der Waals surface area contributed by atoms with Crippen LogP contribution in [0.5, 0.6) is 0 Å². The van der Waals surface area contributed by atoms with Crippen molar-refractivity contribution in [2.75, 3.05) is 13.1 Å². The topological polar surface area (TPSA) is 49.4 Å². The first-order chi connectivity index (χ1) is 11.0. The first-order valence-electron chi connectivity index (χ1n) is 7.65.